The predicted molar refractivity (Wildman–Crippen MR) is 57.9 cm³/mol. The molecule has 2 N–H and O–H groups in total. The average Bonchev–Trinajstić information content (AvgIpc) is 2.30. The lowest BCUT2D eigenvalue weighted by atomic mass is 10.2. The molecule has 0 amide bonds. The van der Waals surface area contributed by atoms with Crippen LogP contribution >= 0.6 is 0 Å². The van der Waals surface area contributed by atoms with Gasteiger partial charge in [0, 0.05) is 0 Å². The molecule has 0 unspecified atom stereocenters. The van der Waals surface area contributed by atoms with Crippen molar-refractivity contribution in [3.8, 4) is 5.88 Å². The van der Waals surface area contributed by atoms with Gasteiger partial charge in [-0.2, -0.15) is 8.78 Å². The van der Waals surface area contributed by atoms with Gasteiger partial charge in [-0.05, 0) is 6.42 Å². The Hall–Kier alpha value is -1.80. The number of nitrogens with zero attached hydrogens (tertiary/aromatic N) is 1. The molecule has 0 aliphatic rings. The summed E-state index contributed by atoms with van der Waals surface area (Å²) in [5.74, 6) is -5.49. The van der Waals surface area contributed by atoms with Gasteiger partial charge in [-0.15, -0.1) is 0 Å². The van der Waals surface area contributed by atoms with E-state index < -0.39 is 36.0 Å². The molecule has 0 atom stereocenters. The van der Waals surface area contributed by atoms with E-state index in [1.165, 1.54) is 0 Å². The van der Waals surface area contributed by atoms with Crippen LogP contribution in [0.4, 0.5) is 17.6 Å². The van der Waals surface area contributed by atoms with Gasteiger partial charge in [0.05, 0.1) is 5.56 Å². The van der Waals surface area contributed by atoms with Crippen molar-refractivity contribution in [1.29, 1.82) is 0 Å². The van der Waals surface area contributed by atoms with Crippen LogP contribution in [0.2, 0.25) is 0 Å². The average molecular weight is 284 g/mol. The zero-order valence-corrected chi connectivity index (χ0v) is 9.92. The highest BCUT2D eigenvalue weighted by Gasteiger charge is 2.42. The number of halogens is 4. The molecule has 1 heterocycles. The Morgan fingerprint density at radius 1 is 1.37 bits per heavy atom. The van der Waals surface area contributed by atoms with Crippen LogP contribution < -0.4 is 11.2 Å². The Bertz CT molecular complexity index is 565. The van der Waals surface area contributed by atoms with E-state index in [1.54, 1.807) is 11.9 Å². The first kappa shape index (κ1) is 15.3. The molecule has 0 saturated heterocycles. The molecule has 5 nitrogen and oxygen atoms in total. The maximum absolute atomic E-state index is 12.9. The van der Waals surface area contributed by atoms with Crippen molar-refractivity contribution in [2.45, 2.75) is 38.7 Å². The van der Waals surface area contributed by atoms with Gasteiger partial charge >= 0.3 is 18.0 Å². The van der Waals surface area contributed by atoms with E-state index in [2.05, 4.69) is 0 Å². The number of aromatic nitrogens is 2. The minimum Gasteiger partial charge on any atom is -0.494 e. The molecule has 0 radical (unpaired) electrons. The van der Waals surface area contributed by atoms with Crippen molar-refractivity contribution in [2.75, 3.05) is 0 Å². The number of alkyl halides is 4. The number of hydrogen-bond acceptors (Lipinski definition) is 3. The van der Waals surface area contributed by atoms with Gasteiger partial charge in [-0.1, -0.05) is 13.3 Å². The summed E-state index contributed by atoms with van der Waals surface area (Å²) in [6.07, 6.45) is -3.55. The zero-order valence-electron chi connectivity index (χ0n) is 9.92. The second-order valence-electron chi connectivity index (χ2n) is 3.96. The van der Waals surface area contributed by atoms with Crippen LogP contribution in [0.25, 0.3) is 0 Å². The van der Waals surface area contributed by atoms with E-state index in [1.807, 2.05) is 0 Å². The highest BCUT2D eigenvalue weighted by atomic mass is 19.3. The number of H-pyrrole nitrogens is 1. The molecule has 1 aromatic rings. The van der Waals surface area contributed by atoms with Gasteiger partial charge in [0.15, 0.2) is 0 Å². The Kier molecular flexibility index (Phi) is 4.38. The van der Waals surface area contributed by atoms with Crippen molar-refractivity contribution in [2.24, 2.45) is 0 Å². The van der Waals surface area contributed by atoms with E-state index >= 15 is 0 Å². The van der Waals surface area contributed by atoms with Gasteiger partial charge in [0.1, 0.15) is 6.54 Å². The number of aromatic hydroxyl groups is 1. The highest BCUT2D eigenvalue weighted by molar-refractivity contribution is 5.22. The fraction of sp³-hybridized carbons (Fsp3) is 0.600. The maximum Gasteiger partial charge on any atom is 0.331 e. The molecule has 1 aromatic heterocycles. The van der Waals surface area contributed by atoms with Crippen LogP contribution in [0, 0.1) is 0 Å². The summed E-state index contributed by atoms with van der Waals surface area (Å²) in [5, 5.41) is 9.59. The minimum atomic E-state index is -4.48. The molecule has 0 fully saturated rings. The molecule has 0 aliphatic carbocycles. The fourth-order valence-electron chi connectivity index (χ4n) is 1.50. The molecule has 9 heteroatoms. The van der Waals surface area contributed by atoms with Crippen LogP contribution in [0.3, 0.4) is 0 Å². The van der Waals surface area contributed by atoms with Gasteiger partial charge in [-0.3, -0.25) is 14.3 Å². The quantitative estimate of drug-likeness (QED) is 0.795. The molecule has 0 bridgehead atoms. The Morgan fingerprint density at radius 2 is 1.95 bits per heavy atom. The third-order valence-electron chi connectivity index (χ3n) is 2.45. The SMILES string of the molecule is CCCc1c(O)n(CC(F)(F)C(F)F)c(=O)[nH]c1=O. The molecule has 0 aromatic carbocycles. The van der Waals surface area contributed by atoms with Crippen molar-refractivity contribution in [3.63, 3.8) is 0 Å². The van der Waals surface area contributed by atoms with Crippen molar-refractivity contribution in [3.05, 3.63) is 26.4 Å². The second-order valence-corrected chi connectivity index (χ2v) is 3.96. The van der Waals surface area contributed by atoms with Gasteiger partial charge in [-0.25, -0.2) is 13.6 Å². The molecule has 108 valence electrons. The maximum atomic E-state index is 12.9. The fourth-order valence-corrected chi connectivity index (χ4v) is 1.50. The van der Waals surface area contributed by atoms with Crippen LogP contribution in [0.5, 0.6) is 5.88 Å². The molecular formula is C10H12F4N2O3. The second kappa shape index (κ2) is 5.45. The number of nitrogens with one attached hydrogen (secondary N) is 1. The van der Waals surface area contributed by atoms with E-state index in [0.29, 0.717) is 6.42 Å². The molecule has 0 saturated carbocycles. The largest absolute Gasteiger partial charge is 0.494 e. The molecule has 1 rings (SSSR count). The van der Waals surface area contributed by atoms with Gasteiger partial charge in [0.25, 0.3) is 5.56 Å². The lowest BCUT2D eigenvalue weighted by Crippen LogP contribution is -2.40. The summed E-state index contributed by atoms with van der Waals surface area (Å²) in [7, 11) is 0. The standard InChI is InChI=1S/C10H12F4N2O3/c1-2-3-5-6(17)15-9(19)16(7(5)18)4-10(13,14)8(11)12/h8,18H,2-4H2,1H3,(H,15,17,19). The monoisotopic (exact) mass is 284 g/mol. The summed E-state index contributed by atoms with van der Waals surface area (Å²) < 4.78 is 50.0. The number of hydrogen-bond donors (Lipinski definition) is 2. The molecule has 19 heavy (non-hydrogen) atoms. The predicted octanol–water partition coefficient (Wildman–Crippen LogP) is 1.10. The zero-order chi connectivity index (χ0) is 14.8. The first-order valence-corrected chi connectivity index (χ1v) is 5.41. The number of rotatable bonds is 5. The van der Waals surface area contributed by atoms with Crippen LogP contribution in [-0.2, 0) is 13.0 Å². The third-order valence-corrected chi connectivity index (χ3v) is 2.45. The van der Waals surface area contributed by atoms with Crippen LogP contribution in [0.15, 0.2) is 9.59 Å². The molecular weight excluding hydrogens is 272 g/mol. The van der Waals surface area contributed by atoms with E-state index in [-0.39, 0.29) is 16.6 Å². The smallest absolute Gasteiger partial charge is 0.331 e. The van der Waals surface area contributed by atoms with Crippen molar-refractivity contribution in [1.82, 2.24) is 9.55 Å². The Labute approximate surface area is 104 Å². The summed E-state index contributed by atoms with van der Waals surface area (Å²) in [6, 6.07) is 0. The summed E-state index contributed by atoms with van der Waals surface area (Å²) in [5.41, 5.74) is -2.56. The van der Waals surface area contributed by atoms with Gasteiger partial charge < -0.3 is 5.11 Å². The van der Waals surface area contributed by atoms with E-state index in [9.17, 15) is 32.3 Å². The summed E-state index contributed by atoms with van der Waals surface area (Å²) in [4.78, 5) is 24.3. The topological polar surface area (TPSA) is 75.1 Å². The minimum absolute atomic E-state index is 0.0295. The van der Waals surface area contributed by atoms with Gasteiger partial charge in [0.2, 0.25) is 5.88 Å². The summed E-state index contributed by atoms with van der Waals surface area (Å²) >= 11 is 0. The van der Waals surface area contributed by atoms with Crippen LogP contribution in [0.1, 0.15) is 18.9 Å². The highest BCUT2D eigenvalue weighted by Crippen LogP contribution is 2.26. The lowest BCUT2D eigenvalue weighted by molar-refractivity contribution is -0.139. The Morgan fingerprint density at radius 3 is 2.42 bits per heavy atom. The first-order chi connectivity index (χ1) is 8.70. The third kappa shape index (κ3) is 3.15. The van der Waals surface area contributed by atoms with Crippen LogP contribution in [-0.4, -0.2) is 27.0 Å². The van der Waals surface area contributed by atoms with E-state index in [4.69, 9.17) is 0 Å². The molecule has 0 aliphatic heterocycles. The molecule has 0 spiro atoms. The first-order valence-electron chi connectivity index (χ1n) is 5.41. The summed E-state index contributed by atoms with van der Waals surface area (Å²) in [6.45, 7) is -0.0507. The van der Waals surface area contributed by atoms with E-state index in [0.717, 1.165) is 0 Å². The Balaban J connectivity index is 3.33. The van der Waals surface area contributed by atoms with Crippen molar-refractivity contribution < 1.29 is 22.7 Å². The lowest BCUT2D eigenvalue weighted by Gasteiger charge is -2.18. The normalized spacial score (nSPS) is 12.1. The number of aromatic amines is 1. The van der Waals surface area contributed by atoms with Crippen molar-refractivity contribution >= 4 is 0 Å².